The van der Waals surface area contributed by atoms with Gasteiger partial charge in [0.1, 0.15) is 19.8 Å². The number of quaternary nitrogens is 1. The number of hydrogen-bond donors (Lipinski definition) is 0. The van der Waals surface area contributed by atoms with E-state index in [0.29, 0.717) is 23.9 Å². The van der Waals surface area contributed by atoms with Gasteiger partial charge in [0.05, 0.1) is 27.7 Å². The van der Waals surface area contributed by atoms with Gasteiger partial charge >= 0.3 is 11.9 Å². The van der Waals surface area contributed by atoms with Crippen molar-refractivity contribution in [2.24, 2.45) is 0 Å². The Hall–Kier alpha value is -4.63. The first-order chi connectivity index (χ1) is 37.0. The Balaban J connectivity index is 4.35. The number of carbonyl (C=O) groups excluding carboxylic acids is 2. The number of esters is 2. The lowest BCUT2D eigenvalue weighted by molar-refractivity contribution is -0.870. The van der Waals surface area contributed by atoms with Crippen LogP contribution in [-0.2, 0) is 32.7 Å². The average molecular weight is 1070 g/mol. The van der Waals surface area contributed by atoms with Gasteiger partial charge in [-0.15, -0.1) is 0 Å². The minimum absolute atomic E-state index is 0.0522. The van der Waals surface area contributed by atoms with E-state index in [9.17, 15) is 19.0 Å². The van der Waals surface area contributed by atoms with Crippen LogP contribution < -0.4 is 4.89 Å². The molecular weight excluding hydrogens is 966 g/mol. The van der Waals surface area contributed by atoms with E-state index in [1.165, 1.54) is 0 Å². The van der Waals surface area contributed by atoms with Gasteiger partial charge in [-0.3, -0.25) is 14.2 Å². The maximum Gasteiger partial charge on any atom is 0.306 e. The van der Waals surface area contributed by atoms with E-state index in [-0.39, 0.29) is 26.1 Å². The molecule has 0 rings (SSSR count). The Morgan fingerprint density at radius 1 is 0.408 bits per heavy atom. The molecule has 0 N–H and O–H groups in total. The predicted octanol–water partition coefficient (Wildman–Crippen LogP) is 17.6. The number of phosphoric acid groups is 1. The quantitative estimate of drug-likeness (QED) is 0.0195. The summed E-state index contributed by atoms with van der Waals surface area (Å²) >= 11 is 0. The summed E-state index contributed by atoms with van der Waals surface area (Å²) in [6.45, 7) is 3.91. The number of hydrogen-bond acceptors (Lipinski definition) is 8. The Morgan fingerprint density at radius 3 is 1.07 bits per heavy atom. The summed E-state index contributed by atoms with van der Waals surface area (Å²) in [6, 6.07) is 0. The third kappa shape index (κ3) is 58.6. The van der Waals surface area contributed by atoms with E-state index >= 15 is 0 Å². The van der Waals surface area contributed by atoms with Crippen molar-refractivity contribution < 1.29 is 42.1 Å². The second-order valence-electron chi connectivity index (χ2n) is 19.5. The summed E-state index contributed by atoms with van der Waals surface area (Å²) in [4.78, 5) is 37.9. The third-order valence-corrected chi connectivity index (χ3v) is 12.2. The first kappa shape index (κ1) is 71.4. The van der Waals surface area contributed by atoms with Gasteiger partial charge < -0.3 is 27.9 Å². The predicted molar refractivity (Wildman–Crippen MR) is 323 cm³/mol. The molecule has 0 radical (unpaired) electrons. The fraction of sp³-hybridized carbons (Fsp3) is 0.545. The highest BCUT2D eigenvalue weighted by Gasteiger charge is 2.21. The first-order valence-corrected chi connectivity index (χ1v) is 30.3. The molecule has 0 aliphatic rings. The number of unbranched alkanes of at least 4 members (excludes halogenated alkanes) is 8. The van der Waals surface area contributed by atoms with Gasteiger partial charge in [-0.1, -0.05) is 210 Å². The zero-order valence-corrected chi connectivity index (χ0v) is 49.0. The van der Waals surface area contributed by atoms with Gasteiger partial charge in [0.15, 0.2) is 6.10 Å². The molecule has 0 spiro atoms. The maximum atomic E-state index is 12.8. The lowest BCUT2D eigenvalue weighted by atomic mass is 10.1. The number of carbonyl (C=O) groups is 2. The van der Waals surface area contributed by atoms with Crippen LogP contribution in [0.5, 0.6) is 0 Å². The van der Waals surface area contributed by atoms with Gasteiger partial charge in [0, 0.05) is 12.8 Å². The van der Waals surface area contributed by atoms with Crippen molar-refractivity contribution in [2.45, 2.75) is 187 Å². The molecule has 76 heavy (non-hydrogen) atoms. The Labute approximate surface area is 464 Å². The van der Waals surface area contributed by atoms with Crippen molar-refractivity contribution in [1.29, 1.82) is 0 Å². The molecule has 0 aromatic carbocycles. The maximum absolute atomic E-state index is 12.8. The summed E-state index contributed by atoms with van der Waals surface area (Å²) < 4.78 is 34.1. The molecule has 0 fully saturated rings. The molecule has 426 valence electrons. The van der Waals surface area contributed by atoms with Crippen LogP contribution in [0.1, 0.15) is 181 Å². The topological polar surface area (TPSA) is 111 Å². The smallest absolute Gasteiger partial charge is 0.306 e. The molecule has 0 aliphatic carbocycles. The average Bonchev–Trinajstić information content (AvgIpc) is 3.38. The molecule has 10 heteroatoms. The van der Waals surface area contributed by atoms with Crippen LogP contribution in [-0.4, -0.2) is 70.0 Å². The zero-order chi connectivity index (χ0) is 55.6. The Morgan fingerprint density at radius 2 is 0.711 bits per heavy atom. The standard InChI is InChI=1S/C66H104NO8P/c1-6-8-10-12-14-16-18-20-22-24-26-28-29-30-31-32-33-34-35-36-37-39-41-43-45-47-49-51-53-55-57-59-66(69)75-64(63-74-76(70,71)73-61-60-67(3,4)5)62-72-65(68)58-56-54-52-50-48-46-44-42-40-38-27-25-23-21-19-17-15-13-11-9-7-2/h8-11,14-17,20-23,26-28,30-31,33-34,36-38,41-44,47,49,64H,6-7,12-13,18-19,24-25,29,32,35,39-40,45-46,48,50-63H2,1-5H3/b10-8-,11-9-,16-14-,17-15-,22-20-,23-21-,28-26-,31-30-,34-33-,37-36-,38-27-,43-41-,44-42-,49-47-. The SMILES string of the molecule is CC/C=C\C/C=C\C/C=C\C/C=C\C/C=C\C/C=C\C/C=C\C/C=C\C/C=C\CCCCCC(=O)OC(COC(=O)CCCCCCC/C=C\C/C=C\C/C=C\C/C=C\C/C=C\CC)COP(=O)([O-])OCC[N+](C)(C)C. The highest BCUT2D eigenvalue weighted by Crippen LogP contribution is 2.38. The summed E-state index contributed by atoms with van der Waals surface area (Å²) in [5, 5.41) is 0. The number of phosphoric ester groups is 1. The highest BCUT2D eigenvalue weighted by atomic mass is 31.2. The largest absolute Gasteiger partial charge is 0.756 e. The fourth-order valence-corrected chi connectivity index (χ4v) is 7.58. The van der Waals surface area contributed by atoms with Crippen molar-refractivity contribution in [2.75, 3.05) is 47.5 Å². The molecule has 0 heterocycles. The van der Waals surface area contributed by atoms with Crippen LogP contribution in [0.4, 0.5) is 0 Å². The van der Waals surface area contributed by atoms with Gasteiger partial charge in [-0.25, -0.2) is 0 Å². The zero-order valence-electron chi connectivity index (χ0n) is 48.1. The van der Waals surface area contributed by atoms with Crippen LogP contribution in [0.15, 0.2) is 170 Å². The molecule has 0 saturated carbocycles. The second kappa shape index (κ2) is 55.1. The minimum atomic E-state index is -4.67. The molecule has 0 bridgehead atoms. The van der Waals surface area contributed by atoms with E-state index in [1.54, 1.807) is 0 Å². The fourth-order valence-electron chi connectivity index (χ4n) is 6.85. The van der Waals surface area contributed by atoms with Crippen LogP contribution in [0.2, 0.25) is 0 Å². The van der Waals surface area contributed by atoms with Crippen LogP contribution in [0.3, 0.4) is 0 Å². The molecule has 0 aromatic rings. The van der Waals surface area contributed by atoms with E-state index in [0.717, 1.165) is 141 Å². The number of rotatable bonds is 50. The van der Waals surface area contributed by atoms with Gasteiger partial charge in [0.25, 0.3) is 7.82 Å². The highest BCUT2D eigenvalue weighted by molar-refractivity contribution is 7.45. The molecule has 9 nitrogen and oxygen atoms in total. The number of ether oxygens (including phenoxy) is 2. The van der Waals surface area contributed by atoms with E-state index in [4.69, 9.17) is 18.5 Å². The van der Waals surface area contributed by atoms with Crippen molar-refractivity contribution in [3.05, 3.63) is 170 Å². The molecule has 0 aromatic heterocycles. The van der Waals surface area contributed by atoms with Gasteiger partial charge in [-0.05, 0) is 128 Å². The third-order valence-electron chi connectivity index (χ3n) is 11.2. The molecule has 0 aliphatic heterocycles. The molecule has 2 atom stereocenters. The second-order valence-corrected chi connectivity index (χ2v) is 20.9. The Bertz CT molecular complexity index is 1880. The van der Waals surface area contributed by atoms with Crippen molar-refractivity contribution >= 4 is 19.8 Å². The molecule has 2 unspecified atom stereocenters. The lowest BCUT2D eigenvalue weighted by Crippen LogP contribution is -2.37. The van der Waals surface area contributed by atoms with E-state index < -0.39 is 32.5 Å². The first-order valence-electron chi connectivity index (χ1n) is 28.8. The molecular formula is C66H104NO8P. The lowest BCUT2D eigenvalue weighted by Gasteiger charge is -2.28. The number of likely N-dealkylation sites (N-methyl/N-ethyl adjacent to an activating group) is 1. The molecule has 0 amide bonds. The van der Waals surface area contributed by atoms with Gasteiger partial charge in [-0.2, -0.15) is 0 Å². The van der Waals surface area contributed by atoms with Crippen LogP contribution in [0, 0.1) is 0 Å². The summed E-state index contributed by atoms with van der Waals surface area (Å²) in [7, 11) is 1.10. The number of nitrogens with zero attached hydrogens (tertiary/aromatic N) is 1. The van der Waals surface area contributed by atoms with Crippen molar-refractivity contribution in [3.63, 3.8) is 0 Å². The van der Waals surface area contributed by atoms with Crippen molar-refractivity contribution in [3.8, 4) is 0 Å². The summed E-state index contributed by atoms with van der Waals surface area (Å²) in [5.74, 6) is -0.912. The Kier molecular flexibility index (Phi) is 51.8. The van der Waals surface area contributed by atoms with E-state index in [1.807, 2.05) is 21.1 Å². The van der Waals surface area contributed by atoms with Crippen LogP contribution >= 0.6 is 7.82 Å². The molecule has 0 saturated heterocycles. The van der Waals surface area contributed by atoms with Crippen LogP contribution in [0.25, 0.3) is 0 Å². The number of allylic oxidation sites excluding steroid dienone is 28. The van der Waals surface area contributed by atoms with Crippen molar-refractivity contribution in [1.82, 2.24) is 0 Å². The minimum Gasteiger partial charge on any atom is -0.756 e. The van der Waals surface area contributed by atoms with E-state index in [2.05, 4.69) is 184 Å². The summed E-state index contributed by atoms with van der Waals surface area (Å²) in [6.07, 6.45) is 83.9. The monoisotopic (exact) mass is 1070 g/mol. The summed E-state index contributed by atoms with van der Waals surface area (Å²) in [5.41, 5.74) is 0. The van der Waals surface area contributed by atoms with Gasteiger partial charge in [0.2, 0.25) is 0 Å². The normalized spacial score (nSPS) is 14.6.